The highest BCUT2D eigenvalue weighted by molar-refractivity contribution is 5.80. The van der Waals surface area contributed by atoms with E-state index >= 15 is 0 Å². The molecule has 29 heavy (non-hydrogen) atoms. The molecule has 0 aliphatic carbocycles. The number of imidazole rings is 1. The second-order valence-corrected chi connectivity index (χ2v) is 7.37. The zero-order valence-electron chi connectivity index (χ0n) is 17.0. The molecule has 1 aliphatic rings. The van der Waals surface area contributed by atoms with Crippen LogP contribution in [-0.4, -0.2) is 53.2 Å². The fourth-order valence-corrected chi connectivity index (χ4v) is 3.85. The first-order valence-corrected chi connectivity index (χ1v) is 10.4. The highest BCUT2D eigenvalue weighted by atomic mass is 16.5. The van der Waals surface area contributed by atoms with Gasteiger partial charge in [0.25, 0.3) is 0 Å². The lowest BCUT2D eigenvalue weighted by atomic mass is 10.1. The number of hydrogen-bond acceptors (Lipinski definition) is 3. The molecule has 1 N–H and O–H groups in total. The number of guanidine groups is 1. The molecule has 1 aromatic heterocycles. The van der Waals surface area contributed by atoms with E-state index < -0.39 is 0 Å². The van der Waals surface area contributed by atoms with Gasteiger partial charge in [-0.1, -0.05) is 30.3 Å². The Balaban J connectivity index is 1.21. The summed E-state index contributed by atoms with van der Waals surface area (Å²) in [5.41, 5.74) is 2.24. The predicted molar refractivity (Wildman–Crippen MR) is 117 cm³/mol. The fraction of sp³-hybridized carbons (Fsp3) is 0.391. The third kappa shape index (κ3) is 4.88. The van der Waals surface area contributed by atoms with Gasteiger partial charge >= 0.3 is 0 Å². The van der Waals surface area contributed by atoms with Gasteiger partial charge in [-0.25, -0.2) is 4.98 Å². The number of fused-ring (bicyclic) bond motifs is 1. The molecule has 1 saturated heterocycles. The van der Waals surface area contributed by atoms with Crippen LogP contribution in [-0.2, 0) is 6.54 Å². The quantitative estimate of drug-likeness (QED) is 0.397. The number of piperidine rings is 1. The van der Waals surface area contributed by atoms with Crippen LogP contribution in [0.15, 0.2) is 65.9 Å². The molecule has 0 saturated carbocycles. The molecule has 4 rings (SSSR count). The molecule has 2 heterocycles. The summed E-state index contributed by atoms with van der Waals surface area (Å²) in [6.07, 6.45) is 5.25. The summed E-state index contributed by atoms with van der Waals surface area (Å²) in [7, 11) is 1.86. The lowest BCUT2D eigenvalue weighted by Crippen LogP contribution is -2.47. The summed E-state index contributed by atoms with van der Waals surface area (Å²) in [6, 6.07) is 18.4. The number of benzene rings is 2. The van der Waals surface area contributed by atoms with Gasteiger partial charge in [0.1, 0.15) is 11.9 Å². The van der Waals surface area contributed by atoms with Crippen molar-refractivity contribution in [2.75, 3.05) is 26.7 Å². The zero-order chi connectivity index (χ0) is 19.9. The summed E-state index contributed by atoms with van der Waals surface area (Å²) >= 11 is 0. The Bertz CT molecular complexity index is 929. The minimum atomic E-state index is 0.279. The first-order chi connectivity index (χ1) is 14.3. The normalized spacial score (nSPS) is 15.6. The van der Waals surface area contributed by atoms with Crippen LogP contribution >= 0.6 is 0 Å². The maximum absolute atomic E-state index is 6.10. The van der Waals surface area contributed by atoms with Crippen LogP contribution in [0.2, 0.25) is 0 Å². The minimum Gasteiger partial charge on any atom is -0.490 e. The van der Waals surface area contributed by atoms with Crippen LogP contribution < -0.4 is 10.1 Å². The maximum Gasteiger partial charge on any atom is 0.193 e. The summed E-state index contributed by atoms with van der Waals surface area (Å²) in [6.45, 7) is 3.75. The van der Waals surface area contributed by atoms with Gasteiger partial charge in [0.2, 0.25) is 0 Å². The number of rotatable bonds is 6. The van der Waals surface area contributed by atoms with Crippen molar-refractivity contribution < 1.29 is 4.74 Å². The number of likely N-dealkylation sites (tertiary alicyclic amines) is 1. The van der Waals surface area contributed by atoms with E-state index in [-0.39, 0.29) is 6.10 Å². The van der Waals surface area contributed by atoms with Crippen molar-refractivity contribution in [2.45, 2.75) is 31.9 Å². The molecule has 0 unspecified atom stereocenters. The van der Waals surface area contributed by atoms with Gasteiger partial charge in [-0.3, -0.25) is 4.99 Å². The standard InChI is InChI=1S/C23H29N5O/c1-24-23(25-14-7-15-28-18-26-21-10-5-6-11-22(21)28)27-16-12-20(13-17-27)29-19-8-3-2-4-9-19/h2-6,8-11,18,20H,7,12-17H2,1H3,(H,24,25). The Morgan fingerprint density at radius 3 is 2.66 bits per heavy atom. The molecule has 2 aromatic carbocycles. The topological polar surface area (TPSA) is 54.7 Å². The molecule has 6 nitrogen and oxygen atoms in total. The summed E-state index contributed by atoms with van der Waals surface area (Å²) in [5.74, 6) is 1.94. The molecule has 6 heteroatoms. The number of nitrogens with zero attached hydrogens (tertiary/aromatic N) is 4. The molecule has 0 radical (unpaired) electrons. The molecule has 3 aromatic rings. The van der Waals surface area contributed by atoms with Crippen molar-refractivity contribution in [2.24, 2.45) is 4.99 Å². The summed E-state index contributed by atoms with van der Waals surface area (Å²) in [5, 5.41) is 3.52. The van der Waals surface area contributed by atoms with Gasteiger partial charge in [0.15, 0.2) is 5.96 Å². The van der Waals surface area contributed by atoms with Gasteiger partial charge in [0, 0.05) is 46.1 Å². The van der Waals surface area contributed by atoms with Crippen molar-refractivity contribution in [1.29, 1.82) is 0 Å². The average Bonchev–Trinajstić information content (AvgIpc) is 3.18. The van der Waals surface area contributed by atoms with E-state index in [0.717, 1.165) is 62.7 Å². The highest BCUT2D eigenvalue weighted by Gasteiger charge is 2.22. The fourth-order valence-electron chi connectivity index (χ4n) is 3.85. The molecule has 1 fully saturated rings. The molecular weight excluding hydrogens is 362 g/mol. The Kier molecular flexibility index (Phi) is 6.29. The lowest BCUT2D eigenvalue weighted by Gasteiger charge is -2.34. The Morgan fingerprint density at radius 1 is 1.10 bits per heavy atom. The van der Waals surface area contributed by atoms with E-state index in [4.69, 9.17) is 4.74 Å². The SMILES string of the molecule is CN=C(NCCCn1cnc2ccccc21)N1CCC(Oc2ccccc2)CC1. The minimum absolute atomic E-state index is 0.279. The number of aryl methyl sites for hydroxylation is 1. The summed E-state index contributed by atoms with van der Waals surface area (Å²) < 4.78 is 8.31. The van der Waals surface area contributed by atoms with Crippen molar-refractivity contribution in [1.82, 2.24) is 19.8 Å². The van der Waals surface area contributed by atoms with Crippen LogP contribution in [0.4, 0.5) is 0 Å². The van der Waals surface area contributed by atoms with Gasteiger partial charge in [-0.2, -0.15) is 0 Å². The van der Waals surface area contributed by atoms with Gasteiger partial charge in [-0.15, -0.1) is 0 Å². The number of aliphatic imine (C=N–C) groups is 1. The number of nitrogens with one attached hydrogen (secondary N) is 1. The Hall–Kier alpha value is -3.02. The largest absolute Gasteiger partial charge is 0.490 e. The van der Waals surface area contributed by atoms with E-state index in [2.05, 4.69) is 43.0 Å². The van der Waals surface area contributed by atoms with E-state index in [1.165, 1.54) is 5.52 Å². The number of hydrogen-bond donors (Lipinski definition) is 1. The first-order valence-electron chi connectivity index (χ1n) is 10.4. The van der Waals surface area contributed by atoms with Crippen molar-refractivity contribution in [3.63, 3.8) is 0 Å². The van der Waals surface area contributed by atoms with E-state index in [1.807, 2.05) is 49.8 Å². The monoisotopic (exact) mass is 391 g/mol. The number of aromatic nitrogens is 2. The van der Waals surface area contributed by atoms with Crippen molar-refractivity contribution in [3.8, 4) is 5.75 Å². The van der Waals surface area contributed by atoms with Gasteiger partial charge in [0.05, 0.1) is 17.4 Å². The van der Waals surface area contributed by atoms with Crippen LogP contribution in [0.1, 0.15) is 19.3 Å². The van der Waals surface area contributed by atoms with Gasteiger partial charge < -0.3 is 19.5 Å². The highest BCUT2D eigenvalue weighted by Crippen LogP contribution is 2.18. The van der Waals surface area contributed by atoms with Gasteiger partial charge in [-0.05, 0) is 30.7 Å². The molecule has 0 spiro atoms. The third-order valence-corrected chi connectivity index (χ3v) is 5.39. The second kappa shape index (κ2) is 9.45. The first kappa shape index (κ1) is 19.3. The second-order valence-electron chi connectivity index (χ2n) is 7.37. The Labute approximate surface area is 172 Å². The van der Waals surface area contributed by atoms with E-state index in [1.54, 1.807) is 0 Å². The van der Waals surface area contributed by atoms with Crippen LogP contribution in [0.5, 0.6) is 5.75 Å². The van der Waals surface area contributed by atoms with E-state index in [9.17, 15) is 0 Å². The van der Waals surface area contributed by atoms with Crippen LogP contribution in [0, 0.1) is 0 Å². The smallest absolute Gasteiger partial charge is 0.193 e. The molecular formula is C23H29N5O. The Morgan fingerprint density at radius 2 is 1.86 bits per heavy atom. The van der Waals surface area contributed by atoms with Crippen LogP contribution in [0.25, 0.3) is 11.0 Å². The molecule has 0 bridgehead atoms. The third-order valence-electron chi connectivity index (χ3n) is 5.39. The number of ether oxygens (including phenoxy) is 1. The van der Waals surface area contributed by atoms with Crippen LogP contribution in [0.3, 0.4) is 0 Å². The van der Waals surface area contributed by atoms with E-state index in [0.29, 0.717) is 0 Å². The molecule has 1 aliphatic heterocycles. The summed E-state index contributed by atoms with van der Waals surface area (Å²) in [4.78, 5) is 11.3. The predicted octanol–water partition coefficient (Wildman–Crippen LogP) is 3.55. The zero-order valence-corrected chi connectivity index (χ0v) is 17.0. The maximum atomic E-state index is 6.10. The molecule has 152 valence electrons. The van der Waals surface area contributed by atoms with Crippen molar-refractivity contribution >= 4 is 17.0 Å². The number of para-hydroxylation sites is 3. The van der Waals surface area contributed by atoms with Crippen molar-refractivity contribution in [3.05, 3.63) is 60.9 Å². The average molecular weight is 392 g/mol. The molecule has 0 amide bonds. The molecule has 0 atom stereocenters. The lowest BCUT2D eigenvalue weighted by molar-refractivity contribution is 0.129.